The maximum atomic E-state index is 12.2. The molecule has 3 N–H and O–H groups in total. The number of carbonyl (C=O) groups is 1. The predicted octanol–water partition coefficient (Wildman–Crippen LogP) is 1.76. The first-order valence-electron chi connectivity index (χ1n) is 5.58. The van der Waals surface area contributed by atoms with Crippen molar-refractivity contribution < 1.29 is 18.3 Å². The second-order valence-electron chi connectivity index (χ2n) is 3.90. The summed E-state index contributed by atoms with van der Waals surface area (Å²) >= 11 is 0. The van der Waals surface area contributed by atoms with Gasteiger partial charge in [0, 0.05) is 12.6 Å². The first-order chi connectivity index (χ1) is 8.50. The van der Waals surface area contributed by atoms with E-state index in [4.69, 9.17) is 5.73 Å². The van der Waals surface area contributed by atoms with Gasteiger partial charge in [0.05, 0.1) is 5.56 Å². The number of carbonyl (C=O) groups excluding carboxylic acids is 1. The number of rotatable bonds is 6. The highest BCUT2D eigenvalue weighted by Gasteiger charge is 2.14. The van der Waals surface area contributed by atoms with Crippen LogP contribution in [0, 0.1) is 0 Å². The Balaban J connectivity index is 2.66. The van der Waals surface area contributed by atoms with Crippen molar-refractivity contribution in [1.82, 2.24) is 5.32 Å². The van der Waals surface area contributed by atoms with Crippen molar-refractivity contribution in [2.24, 2.45) is 5.73 Å². The van der Waals surface area contributed by atoms with E-state index < -0.39 is 12.5 Å². The van der Waals surface area contributed by atoms with Gasteiger partial charge in [0.1, 0.15) is 5.75 Å². The highest BCUT2D eigenvalue weighted by atomic mass is 19.3. The van der Waals surface area contributed by atoms with Crippen molar-refractivity contribution in [2.45, 2.75) is 26.0 Å². The topological polar surface area (TPSA) is 64.3 Å². The molecule has 100 valence electrons. The van der Waals surface area contributed by atoms with Crippen LogP contribution in [0.1, 0.15) is 23.7 Å². The van der Waals surface area contributed by atoms with Crippen LogP contribution in [0.5, 0.6) is 5.75 Å². The largest absolute Gasteiger partial charge is 0.434 e. The summed E-state index contributed by atoms with van der Waals surface area (Å²) in [7, 11) is 0. The van der Waals surface area contributed by atoms with E-state index in [1.807, 2.05) is 6.92 Å². The molecule has 0 spiro atoms. The van der Waals surface area contributed by atoms with Crippen LogP contribution in [0.2, 0.25) is 0 Å². The number of nitrogens with two attached hydrogens (primary N) is 1. The van der Waals surface area contributed by atoms with Gasteiger partial charge < -0.3 is 15.8 Å². The third kappa shape index (κ3) is 4.67. The van der Waals surface area contributed by atoms with Gasteiger partial charge in [0.25, 0.3) is 5.91 Å². The summed E-state index contributed by atoms with van der Waals surface area (Å²) in [6, 6.07) is 5.83. The number of nitrogens with one attached hydrogen (secondary N) is 1. The van der Waals surface area contributed by atoms with E-state index in [0.29, 0.717) is 13.0 Å². The fraction of sp³-hybridized carbons (Fsp3) is 0.417. The normalized spacial score (nSPS) is 12.3. The summed E-state index contributed by atoms with van der Waals surface area (Å²) in [5.74, 6) is -0.585. The molecule has 6 heteroatoms. The summed E-state index contributed by atoms with van der Waals surface area (Å²) in [6.07, 6.45) is 0.615. The molecule has 0 radical (unpaired) electrons. The summed E-state index contributed by atoms with van der Waals surface area (Å²) in [5, 5.41) is 2.60. The number of halogens is 2. The van der Waals surface area contributed by atoms with Crippen LogP contribution in [-0.2, 0) is 0 Å². The molecule has 0 heterocycles. The van der Waals surface area contributed by atoms with Gasteiger partial charge in [-0.2, -0.15) is 8.78 Å². The first kappa shape index (κ1) is 14.4. The molecule has 0 aliphatic carbocycles. The van der Waals surface area contributed by atoms with E-state index in [1.165, 1.54) is 18.2 Å². The highest BCUT2D eigenvalue weighted by molar-refractivity contribution is 5.96. The Labute approximate surface area is 104 Å². The Morgan fingerprint density at radius 2 is 2.11 bits per heavy atom. The third-order valence-electron chi connectivity index (χ3n) is 2.23. The lowest BCUT2D eigenvalue weighted by molar-refractivity contribution is -0.0501. The second kappa shape index (κ2) is 6.90. The van der Waals surface area contributed by atoms with Crippen LogP contribution in [0.4, 0.5) is 8.78 Å². The SMILES string of the molecule is CC(N)CCNC(=O)c1ccccc1OC(F)F. The fourth-order valence-electron chi connectivity index (χ4n) is 1.36. The van der Waals surface area contributed by atoms with Crippen molar-refractivity contribution in [2.75, 3.05) is 6.54 Å². The Bertz CT molecular complexity index is 397. The van der Waals surface area contributed by atoms with Crippen LogP contribution < -0.4 is 15.8 Å². The Hall–Kier alpha value is -1.69. The van der Waals surface area contributed by atoms with E-state index >= 15 is 0 Å². The van der Waals surface area contributed by atoms with Crippen molar-refractivity contribution in [3.63, 3.8) is 0 Å². The molecule has 0 saturated heterocycles. The van der Waals surface area contributed by atoms with E-state index in [-0.39, 0.29) is 17.4 Å². The van der Waals surface area contributed by atoms with Gasteiger partial charge in [-0.3, -0.25) is 4.79 Å². The van der Waals surface area contributed by atoms with E-state index in [0.717, 1.165) is 0 Å². The van der Waals surface area contributed by atoms with Gasteiger partial charge in [-0.05, 0) is 25.5 Å². The van der Waals surface area contributed by atoms with Gasteiger partial charge in [-0.1, -0.05) is 12.1 Å². The number of benzene rings is 1. The number of hydrogen-bond donors (Lipinski definition) is 2. The number of alkyl halides is 2. The van der Waals surface area contributed by atoms with Gasteiger partial charge in [-0.25, -0.2) is 0 Å². The molecule has 1 aromatic rings. The molecule has 0 fully saturated rings. The van der Waals surface area contributed by atoms with Crippen molar-refractivity contribution in [3.05, 3.63) is 29.8 Å². The zero-order chi connectivity index (χ0) is 13.5. The smallest absolute Gasteiger partial charge is 0.387 e. The first-order valence-corrected chi connectivity index (χ1v) is 5.58. The van der Waals surface area contributed by atoms with Crippen LogP contribution >= 0.6 is 0 Å². The molecule has 1 amide bonds. The minimum atomic E-state index is -2.96. The van der Waals surface area contributed by atoms with Gasteiger partial charge in [0.15, 0.2) is 0 Å². The van der Waals surface area contributed by atoms with E-state index in [1.54, 1.807) is 6.07 Å². The quantitative estimate of drug-likeness (QED) is 0.817. The molecule has 0 saturated carbocycles. The van der Waals surface area contributed by atoms with Gasteiger partial charge >= 0.3 is 6.61 Å². The van der Waals surface area contributed by atoms with Gasteiger partial charge in [-0.15, -0.1) is 0 Å². The summed E-state index contributed by atoms with van der Waals surface area (Å²) in [6.45, 7) is -0.748. The Morgan fingerprint density at radius 3 is 2.72 bits per heavy atom. The number of amides is 1. The summed E-state index contributed by atoms with van der Waals surface area (Å²) in [5.41, 5.74) is 5.62. The van der Waals surface area contributed by atoms with Crippen LogP contribution in [0.25, 0.3) is 0 Å². The maximum Gasteiger partial charge on any atom is 0.387 e. The lowest BCUT2D eigenvalue weighted by Crippen LogP contribution is -2.29. The average Bonchev–Trinajstić information content (AvgIpc) is 2.28. The minimum Gasteiger partial charge on any atom is -0.434 e. The predicted molar refractivity (Wildman–Crippen MR) is 63.7 cm³/mol. The molecular formula is C12H16F2N2O2. The molecule has 0 aliphatic rings. The number of para-hydroxylation sites is 1. The molecule has 0 bridgehead atoms. The molecule has 1 aromatic carbocycles. The molecule has 18 heavy (non-hydrogen) atoms. The molecule has 4 nitrogen and oxygen atoms in total. The molecule has 1 rings (SSSR count). The summed E-state index contributed by atoms with van der Waals surface area (Å²) < 4.78 is 28.6. The standard InChI is InChI=1S/C12H16F2N2O2/c1-8(15)6-7-16-11(17)9-4-2-3-5-10(9)18-12(13)14/h2-5,8,12H,6-7,15H2,1H3,(H,16,17). The fourth-order valence-corrected chi connectivity index (χ4v) is 1.36. The van der Waals surface area contributed by atoms with Crippen LogP contribution in [0.3, 0.4) is 0 Å². The molecule has 1 atom stereocenters. The van der Waals surface area contributed by atoms with Crippen LogP contribution in [0.15, 0.2) is 24.3 Å². The zero-order valence-electron chi connectivity index (χ0n) is 10.0. The molecule has 0 aliphatic heterocycles. The van der Waals surface area contributed by atoms with Crippen molar-refractivity contribution in [1.29, 1.82) is 0 Å². The minimum absolute atomic E-state index is 0.0298. The molecule has 1 unspecified atom stereocenters. The van der Waals surface area contributed by atoms with E-state index in [2.05, 4.69) is 10.1 Å². The van der Waals surface area contributed by atoms with E-state index in [9.17, 15) is 13.6 Å². The molecular weight excluding hydrogens is 242 g/mol. The van der Waals surface area contributed by atoms with Crippen molar-refractivity contribution >= 4 is 5.91 Å². The maximum absolute atomic E-state index is 12.2. The average molecular weight is 258 g/mol. The lowest BCUT2D eigenvalue weighted by Gasteiger charge is -2.11. The van der Waals surface area contributed by atoms with Crippen molar-refractivity contribution in [3.8, 4) is 5.75 Å². The molecule has 0 aromatic heterocycles. The zero-order valence-corrected chi connectivity index (χ0v) is 10.0. The van der Waals surface area contributed by atoms with Crippen LogP contribution in [-0.4, -0.2) is 25.1 Å². The second-order valence-corrected chi connectivity index (χ2v) is 3.90. The highest BCUT2D eigenvalue weighted by Crippen LogP contribution is 2.19. The third-order valence-corrected chi connectivity index (χ3v) is 2.23. The number of ether oxygens (including phenoxy) is 1. The van der Waals surface area contributed by atoms with Gasteiger partial charge in [0.2, 0.25) is 0 Å². The lowest BCUT2D eigenvalue weighted by atomic mass is 10.2. The summed E-state index contributed by atoms with van der Waals surface area (Å²) in [4.78, 5) is 11.8. The Kier molecular flexibility index (Phi) is 5.51. The number of hydrogen-bond acceptors (Lipinski definition) is 3. The monoisotopic (exact) mass is 258 g/mol. The Morgan fingerprint density at radius 1 is 1.44 bits per heavy atom.